The van der Waals surface area contributed by atoms with Crippen LogP contribution in [0, 0.1) is 6.92 Å². The number of morpholine rings is 1. The maximum atomic E-state index is 12.0. The number of thioether (sulfide) groups is 1. The lowest BCUT2D eigenvalue weighted by Gasteiger charge is -2.27. The maximum Gasteiger partial charge on any atom is 0.200 e. The van der Waals surface area contributed by atoms with Gasteiger partial charge in [-0.3, -0.25) is 4.79 Å². The van der Waals surface area contributed by atoms with Crippen LogP contribution in [-0.2, 0) is 4.74 Å². The normalized spacial score (nSPS) is 17.8. The van der Waals surface area contributed by atoms with Gasteiger partial charge in [0.25, 0.3) is 0 Å². The van der Waals surface area contributed by atoms with Crippen molar-refractivity contribution in [1.82, 2.24) is 0 Å². The summed E-state index contributed by atoms with van der Waals surface area (Å²) in [6.07, 6.45) is 0. The SMILES string of the molecule is Cc1oc(N2CCOCC2)cc(=O)c1SC(C)N. The fraction of sp³-hybridized carbons (Fsp3) is 0.583. The minimum absolute atomic E-state index is 0.0254. The Balaban J connectivity index is 2.27. The molecule has 0 spiro atoms. The highest BCUT2D eigenvalue weighted by Crippen LogP contribution is 2.24. The number of nitrogens with zero attached hydrogens (tertiary/aromatic N) is 1. The van der Waals surface area contributed by atoms with E-state index in [4.69, 9.17) is 14.9 Å². The number of hydrogen-bond acceptors (Lipinski definition) is 6. The van der Waals surface area contributed by atoms with Gasteiger partial charge in [-0.25, -0.2) is 0 Å². The van der Waals surface area contributed by atoms with Crippen LogP contribution < -0.4 is 16.1 Å². The van der Waals surface area contributed by atoms with Crippen LogP contribution >= 0.6 is 11.8 Å². The molecule has 1 aromatic heterocycles. The van der Waals surface area contributed by atoms with Gasteiger partial charge in [0.1, 0.15) is 5.76 Å². The van der Waals surface area contributed by atoms with E-state index in [-0.39, 0.29) is 10.8 Å². The van der Waals surface area contributed by atoms with Gasteiger partial charge in [-0.1, -0.05) is 0 Å². The third kappa shape index (κ3) is 3.07. The zero-order chi connectivity index (χ0) is 13.1. The smallest absolute Gasteiger partial charge is 0.200 e. The van der Waals surface area contributed by atoms with Gasteiger partial charge >= 0.3 is 0 Å². The number of ether oxygens (including phenoxy) is 1. The molecule has 1 aromatic rings. The average Bonchev–Trinajstić information content (AvgIpc) is 2.34. The summed E-state index contributed by atoms with van der Waals surface area (Å²) in [6.45, 7) is 6.48. The molecule has 1 aliphatic heterocycles. The molecule has 1 atom stereocenters. The first kappa shape index (κ1) is 13.5. The van der Waals surface area contributed by atoms with E-state index < -0.39 is 0 Å². The number of anilines is 1. The fourth-order valence-electron chi connectivity index (χ4n) is 1.85. The molecule has 0 amide bonds. The monoisotopic (exact) mass is 270 g/mol. The highest BCUT2D eigenvalue weighted by Gasteiger charge is 2.17. The zero-order valence-electron chi connectivity index (χ0n) is 10.6. The van der Waals surface area contributed by atoms with Gasteiger partial charge in [-0.15, -0.1) is 11.8 Å². The van der Waals surface area contributed by atoms with Gasteiger partial charge in [0.2, 0.25) is 5.43 Å². The van der Waals surface area contributed by atoms with Crippen molar-refractivity contribution in [2.75, 3.05) is 31.2 Å². The first-order chi connectivity index (χ1) is 8.58. The molecule has 0 aliphatic carbocycles. The lowest BCUT2D eigenvalue weighted by Crippen LogP contribution is -2.36. The van der Waals surface area contributed by atoms with Crippen molar-refractivity contribution < 1.29 is 9.15 Å². The van der Waals surface area contributed by atoms with Crippen LogP contribution in [-0.4, -0.2) is 31.7 Å². The van der Waals surface area contributed by atoms with Crippen molar-refractivity contribution in [3.05, 3.63) is 22.0 Å². The van der Waals surface area contributed by atoms with Gasteiger partial charge in [-0.2, -0.15) is 0 Å². The minimum Gasteiger partial charge on any atom is -0.444 e. The number of nitrogens with two attached hydrogens (primary N) is 1. The molecule has 0 aromatic carbocycles. The predicted octanol–water partition coefficient (Wildman–Crippen LogP) is 1.18. The molecule has 2 N–H and O–H groups in total. The fourth-order valence-corrected chi connectivity index (χ4v) is 2.60. The highest BCUT2D eigenvalue weighted by molar-refractivity contribution is 7.99. The molecule has 2 heterocycles. The van der Waals surface area contributed by atoms with E-state index in [0.717, 1.165) is 13.1 Å². The Morgan fingerprint density at radius 2 is 2.11 bits per heavy atom. The molecular weight excluding hydrogens is 252 g/mol. The maximum absolute atomic E-state index is 12.0. The Kier molecular flexibility index (Phi) is 4.31. The summed E-state index contributed by atoms with van der Waals surface area (Å²) in [4.78, 5) is 14.7. The van der Waals surface area contributed by atoms with E-state index in [2.05, 4.69) is 0 Å². The van der Waals surface area contributed by atoms with Gasteiger partial charge < -0.3 is 19.8 Å². The Labute approximate surface area is 110 Å². The molecule has 1 aliphatic rings. The van der Waals surface area contributed by atoms with Crippen LogP contribution in [0.25, 0.3) is 0 Å². The molecule has 5 nitrogen and oxygen atoms in total. The van der Waals surface area contributed by atoms with Crippen LogP contribution in [0.5, 0.6) is 0 Å². The largest absolute Gasteiger partial charge is 0.444 e. The lowest BCUT2D eigenvalue weighted by atomic mass is 10.3. The van der Waals surface area contributed by atoms with E-state index in [1.165, 1.54) is 11.8 Å². The molecule has 1 unspecified atom stereocenters. The lowest BCUT2D eigenvalue weighted by molar-refractivity contribution is 0.120. The van der Waals surface area contributed by atoms with Crippen molar-refractivity contribution in [3.8, 4) is 0 Å². The summed E-state index contributed by atoms with van der Waals surface area (Å²) in [5.74, 6) is 1.25. The molecule has 18 heavy (non-hydrogen) atoms. The van der Waals surface area contributed by atoms with Gasteiger partial charge in [0.05, 0.1) is 23.5 Å². The molecule has 0 bridgehead atoms. The minimum atomic E-state index is -0.124. The van der Waals surface area contributed by atoms with Crippen molar-refractivity contribution in [3.63, 3.8) is 0 Å². The predicted molar refractivity (Wildman–Crippen MR) is 72.3 cm³/mol. The molecule has 2 rings (SSSR count). The zero-order valence-corrected chi connectivity index (χ0v) is 11.5. The second kappa shape index (κ2) is 5.77. The van der Waals surface area contributed by atoms with Crippen LogP contribution in [0.1, 0.15) is 12.7 Å². The Morgan fingerprint density at radius 3 is 2.67 bits per heavy atom. The van der Waals surface area contributed by atoms with E-state index in [1.54, 1.807) is 13.0 Å². The Hall–Kier alpha value is -0.980. The van der Waals surface area contributed by atoms with Crippen molar-refractivity contribution in [2.24, 2.45) is 5.73 Å². The summed E-state index contributed by atoms with van der Waals surface area (Å²) in [5.41, 5.74) is 5.67. The molecule has 0 saturated carbocycles. The standard InChI is InChI=1S/C12H18N2O3S/c1-8-12(18-9(2)13)10(15)7-11(17-8)14-3-5-16-6-4-14/h7,9H,3-6,13H2,1-2H3. The van der Waals surface area contributed by atoms with E-state index in [0.29, 0.717) is 29.8 Å². The summed E-state index contributed by atoms with van der Waals surface area (Å²) >= 11 is 1.34. The van der Waals surface area contributed by atoms with Crippen molar-refractivity contribution in [2.45, 2.75) is 24.1 Å². The van der Waals surface area contributed by atoms with E-state index >= 15 is 0 Å². The second-order valence-electron chi connectivity index (χ2n) is 4.26. The number of rotatable bonds is 3. The van der Waals surface area contributed by atoms with Crippen molar-refractivity contribution in [1.29, 1.82) is 0 Å². The van der Waals surface area contributed by atoms with Crippen LogP contribution in [0.15, 0.2) is 20.2 Å². The summed E-state index contributed by atoms with van der Waals surface area (Å²) in [6, 6.07) is 1.54. The van der Waals surface area contributed by atoms with Gasteiger partial charge in [0.15, 0.2) is 5.88 Å². The van der Waals surface area contributed by atoms with Crippen molar-refractivity contribution >= 4 is 17.6 Å². The molecule has 1 saturated heterocycles. The molecule has 1 fully saturated rings. The molecule has 6 heteroatoms. The van der Waals surface area contributed by atoms with Gasteiger partial charge in [-0.05, 0) is 13.8 Å². The van der Waals surface area contributed by atoms with Crippen LogP contribution in [0.3, 0.4) is 0 Å². The average molecular weight is 270 g/mol. The van der Waals surface area contributed by atoms with Gasteiger partial charge in [0, 0.05) is 19.2 Å². The van der Waals surface area contributed by atoms with Crippen LogP contribution in [0.2, 0.25) is 0 Å². The third-order valence-corrected chi connectivity index (χ3v) is 3.78. The Bertz CT molecular complexity index is 467. The Morgan fingerprint density at radius 1 is 1.44 bits per heavy atom. The summed E-state index contributed by atoms with van der Waals surface area (Å²) in [7, 11) is 0. The topological polar surface area (TPSA) is 68.7 Å². The van der Waals surface area contributed by atoms with E-state index in [1.807, 2.05) is 11.8 Å². The molecule has 100 valence electrons. The third-order valence-electron chi connectivity index (χ3n) is 2.68. The summed E-state index contributed by atoms with van der Waals surface area (Å²) in [5, 5.41) is -0.124. The number of hydrogen-bond donors (Lipinski definition) is 1. The first-order valence-corrected chi connectivity index (χ1v) is 6.85. The van der Waals surface area contributed by atoms with E-state index in [9.17, 15) is 4.79 Å². The molecular formula is C12H18N2O3S. The molecule has 0 radical (unpaired) electrons. The van der Waals surface area contributed by atoms with Crippen LogP contribution in [0.4, 0.5) is 5.88 Å². The first-order valence-electron chi connectivity index (χ1n) is 5.97. The quantitative estimate of drug-likeness (QED) is 0.657. The summed E-state index contributed by atoms with van der Waals surface area (Å²) < 4.78 is 11.0. The second-order valence-corrected chi connectivity index (χ2v) is 5.64. The number of aryl methyl sites for hydroxylation is 1. The highest BCUT2D eigenvalue weighted by atomic mass is 32.2.